The van der Waals surface area contributed by atoms with Gasteiger partial charge in [-0.1, -0.05) is 13.8 Å². The SMILES string of the molecule is CC(C)NC(COC(C)(C)C(F)(F)F)c1nc2ncc(C(C3CC3)N3CCCNC3=O)cc2[nH]1. The molecule has 2 aromatic heterocycles. The van der Waals surface area contributed by atoms with Crippen molar-refractivity contribution in [2.75, 3.05) is 19.7 Å². The fourth-order valence-corrected chi connectivity index (χ4v) is 4.28. The van der Waals surface area contributed by atoms with Gasteiger partial charge in [-0.05, 0) is 50.7 Å². The number of carbonyl (C=O) groups is 1. The maximum Gasteiger partial charge on any atom is 0.416 e. The highest BCUT2D eigenvalue weighted by atomic mass is 19.4. The van der Waals surface area contributed by atoms with E-state index in [1.165, 1.54) is 0 Å². The molecule has 2 amide bonds. The van der Waals surface area contributed by atoms with E-state index in [4.69, 9.17) is 4.74 Å². The van der Waals surface area contributed by atoms with Crippen molar-refractivity contribution in [3.05, 3.63) is 23.7 Å². The second-order valence-corrected chi connectivity index (χ2v) is 10.0. The van der Waals surface area contributed by atoms with E-state index in [0.717, 1.165) is 38.7 Å². The number of rotatable bonds is 9. The first kappa shape index (κ1) is 24.7. The zero-order valence-electron chi connectivity index (χ0n) is 20.0. The molecule has 1 saturated carbocycles. The van der Waals surface area contributed by atoms with Crippen LogP contribution < -0.4 is 10.6 Å². The molecular weight excluding hydrogens is 449 g/mol. The van der Waals surface area contributed by atoms with Crippen LogP contribution in [0.25, 0.3) is 11.2 Å². The maximum atomic E-state index is 13.3. The van der Waals surface area contributed by atoms with E-state index in [1.807, 2.05) is 24.8 Å². The lowest BCUT2D eigenvalue weighted by atomic mass is 10.0. The number of halogens is 3. The Hall–Kier alpha value is -2.40. The molecule has 0 radical (unpaired) electrons. The summed E-state index contributed by atoms with van der Waals surface area (Å²) in [5.41, 5.74) is -0.193. The van der Waals surface area contributed by atoms with Crippen molar-refractivity contribution >= 4 is 17.2 Å². The summed E-state index contributed by atoms with van der Waals surface area (Å²) < 4.78 is 45.1. The number of pyridine rings is 1. The summed E-state index contributed by atoms with van der Waals surface area (Å²) in [6.45, 7) is 7.02. The molecule has 2 unspecified atom stereocenters. The average Bonchev–Trinajstić information content (AvgIpc) is 3.49. The van der Waals surface area contributed by atoms with Gasteiger partial charge < -0.3 is 25.3 Å². The minimum Gasteiger partial charge on any atom is -0.364 e. The van der Waals surface area contributed by atoms with Gasteiger partial charge in [0.25, 0.3) is 0 Å². The van der Waals surface area contributed by atoms with Crippen molar-refractivity contribution < 1.29 is 22.7 Å². The summed E-state index contributed by atoms with van der Waals surface area (Å²) in [6.07, 6.45) is 0.292. The second-order valence-electron chi connectivity index (χ2n) is 10.0. The lowest BCUT2D eigenvalue weighted by Gasteiger charge is -2.35. The largest absolute Gasteiger partial charge is 0.416 e. The number of H-pyrrole nitrogens is 1. The van der Waals surface area contributed by atoms with Crippen molar-refractivity contribution in [3.8, 4) is 0 Å². The first-order valence-corrected chi connectivity index (χ1v) is 11.8. The normalized spacial score (nSPS) is 19.5. The minimum atomic E-state index is -4.49. The molecule has 1 aliphatic heterocycles. The van der Waals surface area contributed by atoms with E-state index < -0.39 is 17.8 Å². The zero-order valence-corrected chi connectivity index (χ0v) is 20.0. The van der Waals surface area contributed by atoms with Crippen LogP contribution in [0, 0.1) is 5.92 Å². The highest BCUT2D eigenvalue weighted by Crippen LogP contribution is 2.45. The number of ether oxygens (including phenoxy) is 1. The van der Waals surface area contributed by atoms with Crippen LogP contribution in [0.15, 0.2) is 12.3 Å². The molecule has 1 saturated heterocycles. The number of amides is 2. The summed E-state index contributed by atoms with van der Waals surface area (Å²) in [6, 6.07) is 1.27. The second kappa shape index (κ2) is 9.33. The molecule has 3 N–H and O–H groups in total. The summed E-state index contributed by atoms with van der Waals surface area (Å²) in [5, 5.41) is 6.15. The minimum absolute atomic E-state index is 0.00353. The monoisotopic (exact) mass is 482 g/mol. The third-order valence-corrected chi connectivity index (χ3v) is 6.39. The Morgan fingerprint density at radius 3 is 2.65 bits per heavy atom. The molecule has 2 fully saturated rings. The van der Waals surface area contributed by atoms with Crippen LogP contribution in [-0.2, 0) is 4.74 Å². The van der Waals surface area contributed by atoms with Gasteiger partial charge in [0, 0.05) is 25.3 Å². The molecule has 8 nitrogen and oxygen atoms in total. The fourth-order valence-electron chi connectivity index (χ4n) is 4.28. The van der Waals surface area contributed by atoms with Crippen molar-refractivity contribution in [1.82, 2.24) is 30.5 Å². The van der Waals surface area contributed by atoms with Crippen molar-refractivity contribution in [2.24, 2.45) is 5.92 Å². The first-order valence-electron chi connectivity index (χ1n) is 11.8. The Balaban J connectivity index is 1.59. The van der Waals surface area contributed by atoms with Crippen LogP contribution in [0.2, 0.25) is 0 Å². The van der Waals surface area contributed by atoms with Crippen molar-refractivity contribution in [3.63, 3.8) is 0 Å². The predicted molar refractivity (Wildman–Crippen MR) is 121 cm³/mol. The predicted octanol–water partition coefficient (Wildman–Crippen LogP) is 4.22. The number of nitrogens with one attached hydrogen (secondary N) is 3. The van der Waals surface area contributed by atoms with Gasteiger partial charge >= 0.3 is 12.2 Å². The van der Waals surface area contributed by atoms with Crippen LogP contribution in [0.3, 0.4) is 0 Å². The smallest absolute Gasteiger partial charge is 0.364 e. The van der Waals surface area contributed by atoms with Gasteiger partial charge in [0.05, 0.1) is 24.2 Å². The zero-order chi connectivity index (χ0) is 24.7. The number of imidazole rings is 1. The molecular formula is C23H33F3N6O2. The van der Waals surface area contributed by atoms with Gasteiger partial charge in [0.15, 0.2) is 11.2 Å². The van der Waals surface area contributed by atoms with Crippen LogP contribution in [0.1, 0.15) is 70.4 Å². The standard InChI is InChI=1S/C23H33F3N6O2/c1-13(2)29-17(12-34-22(3,4)23(24,25)26)20-30-16-10-15(11-28-19(16)31-20)18(14-6-7-14)32-9-5-8-27-21(32)33/h10-11,13-14,17-18,29H,5-9,12H2,1-4H3,(H,27,33)(H,28,30,31). The number of carbonyl (C=O) groups excluding carboxylic acids is 1. The van der Waals surface area contributed by atoms with Crippen molar-refractivity contribution in [2.45, 2.75) is 76.9 Å². The Labute approximate surface area is 197 Å². The van der Waals surface area contributed by atoms with E-state index in [2.05, 4.69) is 25.6 Å². The molecule has 2 aromatic rings. The summed E-state index contributed by atoms with van der Waals surface area (Å²) in [5.74, 6) is 0.865. The van der Waals surface area contributed by atoms with E-state index in [9.17, 15) is 18.0 Å². The third kappa shape index (κ3) is 5.30. The molecule has 0 bridgehead atoms. The van der Waals surface area contributed by atoms with Crippen molar-refractivity contribution in [1.29, 1.82) is 0 Å². The van der Waals surface area contributed by atoms with Gasteiger partial charge in [-0.15, -0.1) is 0 Å². The molecule has 4 rings (SSSR count). The first-order chi connectivity index (χ1) is 16.0. The van der Waals surface area contributed by atoms with Gasteiger partial charge in [0.1, 0.15) is 5.82 Å². The molecule has 1 aliphatic carbocycles. The number of urea groups is 1. The molecule has 0 spiro atoms. The van der Waals surface area contributed by atoms with Crippen LogP contribution >= 0.6 is 0 Å². The topological polar surface area (TPSA) is 95.2 Å². The Bertz CT molecular complexity index is 1020. The van der Waals surface area contributed by atoms with E-state index in [-0.39, 0.29) is 24.7 Å². The molecule has 3 heterocycles. The average molecular weight is 483 g/mol. The molecule has 11 heteroatoms. The highest BCUT2D eigenvalue weighted by molar-refractivity contribution is 5.76. The van der Waals surface area contributed by atoms with E-state index in [1.54, 1.807) is 6.20 Å². The van der Waals surface area contributed by atoms with Gasteiger partial charge in [-0.2, -0.15) is 13.2 Å². The number of nitrogens with zero attached hydrogens (tertiary/aromatic N) is 3. The van der Waals surface area contributed by atoms with Gasteiger partial charge in [-0.3, -0.25) is 0 Å². The number of hydrogen-bond acceptors (Lipinski definition) is 5. The molecule has 34 heavy (non-hydrogen) atoms. The summed E-state index contributed by atoms with van der Waals surface area (Å²) >= 11 is 0. The Morgan fingerprint density at radius 2 is 2.03 bits per heavy atom. The van der Waals surface area contributed by atoms with E-state index >= 15 is 0 Å². The number of hydrogen-bond donors (Lipinski definition) is 3. The quantitative estimate of drug-likeness (QED) is 0.498. The lowest BCUT2D eigenvalue weighted by Crippen LogP contribution is -2.48. The number of aromatic amines is 1. The molecule has 188 valence electrons. The number of aromatic nitrogens is 3. The maximum absolute atomic E-state index is 13.3. The fraction of sp³-hybridized carbons (Fsp3) is 0.696. The Morgan fingerprint density at radius 1 is 1.29 bits per heavy atom. The van der Waals surface area contributed by atoms with Gasteiger partial charge in [-0.25, -0.2) is 14.8 Å². The number of alkyl halides is 3. The third-order valence-electron chi connectivity index (χ3n) is 6.39. The molecule has 2 atom stereocenters. The molecule has 0 aromatic carbocycles. The lowest BCUT2D eigenvalue weighted by molar-refractivity contribution is -0.265. The number of fused-ring (bicyclic) bond motifs is 1. The summed E-state index contributed by atoms with van der Waals surface area (Å²) in [4.78, 5) is 26.7. The van der Waals surface area contributed by atoms with E-state index in [0.29, 0.717) is 36.0 Å². The van der Waals surface area contributed by atoms with Crippen LogP contribution in [0.4, 0.5) is 18.0 Å². The van der Waals surface area contributed by atoms with Gasteiger partial charge in [0.2, 0.25) is 0 Å². The highest BCUT2D eigenvalue weighted by Gasteiger charge is 2.49. The van der Waals surface area contributed by atoms with Crippen LogP contribution in [0.5, 0.6) is 0 Å². The Kier molecular flexibility index (Phi) is 6.78. The summed E-state index contributed by atoms with van der Waals surface area (Å²) in [7, 11) is 0. The molecule has 2 aliphatic rings. The van der Waals surface area contributed by atoms with Crippen LogP contribution in [-0.4, -0.2) is 63.4 Å².